The second-order valence-electron chi connectivity index (χ2n) is 9.00. The van der Waals surface area contributed by atoms with Gasteiger partial charge in [-0.15, -0.1) is 36.6 Å². The fraction of sp³-hybridized carbons (Fsp3) is 0.417. The molecule has 200 valence electrons. The number of aryl methyl sites for hydroxylation is 1. The smallest absolute Gasteiger partial charge is 0.250 e. The molecule has 5 rings (SSSR count). The number of nitrogens with one attached hydrogen (secondary N) is 2. The first-order valence-corrected chi connectivity index (χ1v) is 12.9. The first-order chi connectivity index (χ1) is 16.9. The zero-order valence-electron chi connectivity index (χ0n) is 20.1. The molecular formula is C24H29Cl3N6O3S. The van der Waals surface area contributed by atoms with Crippen molar-refractivity contribution in [1.29, 1.82) is 0 Å². The Balaban J connectivity index is 0.00000190. The van der Waals surface area contributed by atoms with Crippen molar-refractivity contribution in [3.05, 3.63) is 57.1 Å². The highest BCUT2D eigenvalue weighted by Crippen LogP contribution is 2.30. The molecule has 2 aliphatic rings. The standard InChI is InChI=1S/C24H27ClN6O3S.2ClH/c1-30-22(34)5-3-18-23(30)16(17(25)10-27-18)6-7-31-11-14(19(32)12-31)8-26-9-15-2-4-20-24(28-15)29-21(33)13-35-20;;/h2-5,10,14,19,26,32H,6-9,11-13H2,1H3,(H,28,29,33);2*1H/t14-,19+;;/m1../s1. The number of anilines is 1. The monoisotopic (exact) mass is 586 g/mol. The molecule has 13 heteroatoms. The van der Waals surface area contributed by atoms with Crippen molar-refractivity contribution in [3.8, 4) is 0 Å². The van der Waals surface area contributed by atoms with Gasteiger partial charge in [-0.25, -0.2) is 4.98 Å². The summed E-state index contributed by atoms with van der Waals surface area (Å²) in [5.41, 5.74) is 3.15. The fourth-order valence-corrected chi connectivity index (χ4v) is 5.71. The number of β-amino-alcohol motifs (C(OH)–C–C–N with tert-alkyl or cyclic N) is 1. The molecule has 2 aliphatic heterocycles. The van der Waals surface area contributed by atoms with E-state index >= 15 is 0 Å². The Labute approximate surface area is 236 Å². The number of hydrogen-bond donors (Lipinski definition) is 3. The molecule has 3 N–H and O–H groups in total. The van der Waals surface area contributed by atoms with Gasteiger partial charge >= 0.3 is 0 Å². The van der Waals surface area contributed by atoms with E-state index in [9.17, 15) is 14.7 Å². The van der Waals surface area contributed by atoms with Crippen LogP contribution in [0.5, 0.6) is 0 Å². The molecule has 0 bridgehead atoms. The molecule has 37 heavy (non-hydrogen) atoms. The minimum atomic E-state index is -0.427. The quantitative estimate of drug-likeness (QED) is 0.387. The average Bonchev–Trinajstić information content (AvgIpc) is 3.19. The zero-order valence-corrected chi connectivity index (χ0v) is 23.4. The van der Waals surface area contributed by atoms with E-state index in [-0.39, 0.29) is 42.2 Å². The number of carbonyl (C=O) groups excluding carboxylic acids is 1. The lowest BCUT2D eigenvalue weighted by Gasteiger charge is -2.18. The third kappa shape index (κ3) is 6.57. The molecule has 0 spiro atoms. The predicted octanol–water partition coefficient (Wildman–Crippen LogP) is 2.49. The van der Waals surface area contributed by atoms with Crippen LogP contribution in [0, 0.1) is 5.92 Å². The van der Waals surface area contributed by atoms with Crippen molar-refractivity contribution in [2.45, 2.75) is 24.0 Å². The Morgan fingerprint density at radius 1 is 1.22 bits per heavy atom. The van der Waals surface area contributed by atoms with Gasteiger partial charge in [0, 0.05) is 58.0 Å². The summed E-state index contributed by atoms with van der Waals surface area (Å²) in [7, 11) is 1.73. The Morgan fingerprint density at radius 3 is 2.84 bits per heavy atom. The van der Waals surface area contributed by atoms with E-state index in [2.05, 4.69) is 25.5 Å². The van der Waals surface area contributed by atoms with E-state index in [4.69, 9.17) is 11.6 Å². The van der Waals surface area contributed by atoms with Crippen LogP contribution in [0.4, 0.5) is 5.82 Å². The van der Waals surface area contributed by atoms with Gasteiger partial charge in [0.2, 0.25) is 5.91 Å². The highest BCUT2D eigenvalue weighted by molar-refractivity contribution is 8.00. The second kappa shape index (κ2) is 12.8. The van der Waals surface area contributed by atoms with Crippen molar-refractivity contribution >= 4 is 70.9 Å². The molecule has 0 aliphatic carbocycles. The van der Waals surface area contributed by atoms with Gasteiger partial charge in [-0.05, 0) is 30.2 Å². The van der Waals surface area contributed by atoms with Crippen LogP contribution in [0.1, 0.15) is 11.3 Å². The van der Waals surface area contributed by atoms with Crippen molar-refractivity contribution in [2.75, 3.05) is 37.2 Å². The van der Waals surface area contributed by atoms with E-state index in [1.165, 1.54) is 17.8 Å². The number of nitrogens with zero attached hydrogens (tertiary/aromatic N) is 4. The first-order valence-electron chi connectivity index (χ1n) is 11.6. The van der Waals surface area contributed by atoms with Crippen LogP contribution in [0.25, 0.3) is 11.0 Å². The van der Waals surface area contributed by atoms with E-state index in [0.29, 0.717) is 42.6 Å². The van der Waals surface area contributed by atoms with E-state index in [1.807, 2.05) is 12.1 Å². The fourth-order valence-electron chi connectivity index (χ4n) is 4.72. The normalized spacial score (nSPS) is 19.2. The van der Waals surface area contributed by atoms with Gasteiger partial charge in [-0.2, -0.15) is 0 Å². The van der Waals surface area contributed by atoms with Gasteiger partial charge in [0.05, 0.1) is 38.5 Å². The van der Waals surface area contributed by atoms with E-state index in [0.717, 1.165) is 40.3 Å². The molecule has 2 atom stereocenters. The maximum Gasteiger partial charge on any atom is 0.250 e. The molecule has 0 radical (unpaired) electrons. The average molecular weight is 588 g/mol. The van der Waals surface area contributed by atoms with Gasteiger partial charge in [-0.3, -0.25) is 14.6 Å². The summed E-state index contributed by atoms with van der Waals surface area (Å²) in [6.45, 7) is 3.29. The summed E-state index contributed by atoms with van der Waals surface area (Å²) in [5, 5.41) is 17.4. The summed E-state index contributed by atoms with van der Waals surface area (Å²) in [6.07, 6.45) is 1.86. The van der Waals surface area contributed by atoms with Gasteiger partial charge < -0.3 is 25.2 Å². The molecule has 3 aromatic heterocycles. The van der Waals surface area contributed by atoms with E-state index < -0.39 is 6.10 Å². The van der Waals surface area contributed by atoms with Gasteiger partial charge in [-0.1, -0.05) is 11.6 Å². The second-order valence-corrected chi connectivity index (χ2v) is 10.4. The number of aliphatic hydroxyl groups is 1. The molecule has 1 fully saturated rings. The molecule has 1 amide bonds. The van der Waals surface area contributed by atoms with Gasteiger partial charge in [0.25, 0.3) is 5.56 Å². The Hall–Kier alpha value is -1.92. The molecule has 5 heterocycles. The Kier molecular flexibility index (Phi) is 10.2. The van der Waals surface area contributed by atoms with Crippen LogP contribution in [-0.2, 0) is 24.8 Å². The number of fused-ring (bicyclic) bond motifs is 2. The number of rotatable bonds is 7. The van der Waals surface area contributed by atoms with Crippen LogP contribution in [0.15, 0.2) is 40.2 Å². The van der Waals surface area contributed by atoms with E-state index in [1.54, 1.807) is 23.9 Å². The number of pyridine rings is 3. The molecule has 0 saturated carbocycles. The summed E-state index contributed by atoms with van der Waals surface area (Å²) < 4.78 is 1.59. The zero-order chi connectivity index (χ0) is 24.5. The predicted molar refractivity (Wildman–Crippen MR) is 151 cm³/mol. The number of halogens is 3. The van der Waals surface area contributed by atoms with Gasteiger partial charge in [0.15, 0.2) is 0 Å². The molecule has 0 aromatic carbocycles. The maximum absolute atomic E-state index is 12.1. The summed E-state index contributed by atoms with van der Waals surface area (Å²) in [5.74, 6) is 1.11. The van der Waals surface area contributed by atoms with Crippen molar-refractivity contribution in [2.24, 2.45) is 13.0 Å². The lowest BCUT2D eigenvalue weighted by Crippen LogP contribution is -2.30. The molecule has 1 saturated heterocycles. The Morgan fingerprint density at radius 2 is 2.03 bits per heavy atom. The number of likely N-dealkylation sites (tertiary alicyclic amines) is 1. The lowest BCUT2D eigenvalue weighted by atomic mass is 10.1. The van der Waals surface area contributed by atoms with Crippen LogP contribution in [0.3, 0.4) is 0 Å². The Bertz CT molecular complexity index is 1340. The minimum absolute atomic E-state index is 0. The third-order valence-corrected chi connectivity index (χ3v) is 7.96. The summed E-state index contributed by atoms with van der Waals surface area (Å²) in [6, 6.07) is 7.18. The minimum Gasteiger partial charge on any atom is -0.391 e. The number of aliphatic hydroxyl groups excluding tert-OH is 1. The first kappa shape index (κ1) is 29.6. The van der Waals surface area contributed by atoms with Crippen molar-refractivity contribution < 1.29 is 9.90 Å². The van der Waals surface area contributed by atoms with Crippen LogP contribution in [-0.4, -0.2) is 68.5 Å². The SMILES string of the molecule is Cl.Cl.Cn1c(=O)ccc2ncc(Cl)c(CCN3C[C@@H](CNCc4ccc5c(n4)NC(=O)CS5)[C@@H](O)C3)c21. The number of carbonyl (C=O) groups is 1. The molecule has 0 unspecified atom stereocenters. The summed E-state index contributed by atoms with van der Waals surface area (Å²) in [4.78, 5) is 35.9. The highest BCUT2D eigenvalue weighted by Gasteiger charge is 2.31. The van der Waals surface area contributed by atoms with Crippen LogP contribution in [0.2, 0.25) is 5.02 Å². The summed E-state index contributed by atoms with van der Waals surface area (Å²) >= 11 is 7.96. The molecular weight excluding hydrogens is 559 g/mol. The number of amides is 1. The lowest BCUT2D eigenvalue weighted by molar-refractivity contribution is -0.113. The third-order valence-electron chi connectivity index (χ3n) is 6.59. The topological polar surface area (TPSA) is 112 Å². The van der Waals surface area contributed by atoms with Crippen LogP contribution < -0.4 is 16.2 Å². The number of hydrogen-bond acceptors (Lipinski definition) is 8. The molecule has 3 aromatic rings. The number of thioether (sulfide) groups is 1. The van der Waals surface area contributed by atoms with Crippen LogP contribution >= 0.6 is 48.2 Å². The van der Waals surface area contributed by atoms with Gasteiger partial charge in [0.1, 0.15) is 5.82 Å². The van der Waals surface area contributed by atoms with Crippen molar-refractivity contribution in [1.82, 2.24) is 24.8 Å². The van der Waals surface area contributed by atoms with Crippen molar-refractivity contribution in [3.63, 3.8) is 0 Å². The highest BCUT2D eigenvalue weighted by atomic mass is 35.5. The maximum atomic E-state index is 12.1. The molecule has 9 nitrogen and oxygen atoms in total. The largest absolute Gasteiger partial charge is 0.391 e. The number of aromatic nitrogens is 3.